The van der Waals surface area contributed by atoms with E-state index in [1.54, 1.807) is 30.6 Å². The molecule has 9 heteroatoms. The van der Waals surface area contributed by atoms with Crippen LogP contribution in [0.1, 0.15) is 44.2 Å². The highest BCUT2D eigenvalue weighted by atomic mass is 35.5. The summed E-state index contributed by atoms with van der Waals surface area (Å²) in [5.74, 6) is 2.29. The molecule has 1 aromatic carbocycles. The minimum absolute atomic E-state index is 0.0243. The van der Waals surface area contributed by atoms with Crippen LogP contribution in [0.2, 0.25) is 0 Å². The number of ether oxygens (including phenoxy) is 1. The second-order valence-corrected chi connectivity index (χ2v) is 10.7. The molecule has 2 aliphatic rings. The normalized spacial score (nSPS) is 18.1. The second kappa shape index (κ2) is 15.2. The number of aliphatic imine (C=N–C) groups is 2. The molecule has 2 aromatic rings. The summed E-state index contributed by atoms with van der Waals surface area (Å²) in [4.78, 5) is 27.9. The smallest absolute Gasteiger partial charge is 0.272 e. The van der Waals surface area contributed by atoms with E-state index in [-0.39, 0.29) is 5.91 Å². The Bertz CT molecular complexity index is 1420. The van der Waals surface area contributed by atoms with Gasteiger partial charge in [0.25, 0.3) is 5.91 Å². The van der Waals surface area contributed by atoms with E-state index in [1.807, 2.05) is 37.1 Å². The monoisotopic (exact) mass is 586 g/mol. The van der Waals surface area contributed by atoms with Crippen LogP contribution in [0.25, 0.3) is 0 Å². The zero-order valence-electron chi connectivity index (χ0n) is 24.4. The quantitative estimate of drug-likeness (QED) is 0.260. The average molecular weight is 587 g/mol. The lowest BCUT2D eigenvalue weighted by molar-refractivity contribution is -0.128. The Balaban J connectivity index is 1.42. The Hall–Kier alpha value is -4.17. The summed E-state index contributed by atoms with van der Waals surface area (Å²) in [6, 6.07) is 8.13. The molecule has 0 radical (unpaired) electrons. The average Bonchev–Trinajstić information content (AvgIpc) is 3.01. The maximum Gasteiger partial charge on any atom is 0.272 e. The van der Waals surface area contributed by atoms with Crippen molar-refractivity contribution >= 4 is 40.9 Å². The van der Waals surface area contributed by atoms with Crippen molar-refractivity contribution in [3.05, 3.63) is 95.7 Å². The maximum atomic E-state index is 12.8. The van der Waals surface area contributed by atoms with Gasteiger partial charge >= 0.3 is 0 Å². The number of carbonyl (C=O) groups excluding carboxylic acids is 1. The number of likely N-dealkylation sites (tertiary alicyclic amines) is 1. The van der Waals surface area contributed by atoms with Crippen LogP contribution in [0.15, 0.2) is 94.6 Å². The van der Waals surface area contributed by atoms with Crippen LogP contribution in [0, 0.1) is 5.92 Å². The minimum atomic E-state index is -0.0243. The van der Waals surface area contributed by atoms with Gasteiger partial charge in [0.2, 0.25) is 0 Å². The van der Waals surface area contributed by atoms with Gasteiger partial charge in [0.05, 0.1) is 23.5 Å². The molecule has 0 spiro atoms. The summed E-state index contributed by atoms with van der Waals surface area (Å²) in [5.41, 5.74) is 4.33. The molecule has 4 bridgehead atoms. The first-order valence-corrected chi connectivity index (χ1v) is 14.7. The largest absolute Gasteiger partial charge is 0.493 e. The number of piperidine rings is 1. The zero-order chi connectivity index (χ0) is 29.9. The number of amides is 1. The van der Waals surface area contributed by atoms with E-state index in [1.165, 1.54) is 0 Å². The molecule has 42 heavy (non-hydrogen) atoms. The highest BCUT2D eigenvalue weighted by Crippen LogP contribution is 2.28. The summed E-state index contributed by atoms with van der Waals surface area (Å²) >= 11 is 6.48. The number of pyridine rings is 1. The van der Waals surface area contributed by atoms with Gasteiger partial charge in [-0.25, -0.2) is 4.99 Å². The molecule has 2 N–H and O–H groups in total. The van der Waals surface area contributed by atoms with Crippen LogP contribution in [0.5, 0.6) is 5.75 Å². The van der Waals surface area contributed by atoms with Gasteiger partial charge in [0.15, 0.2) is 5.84 Å². The number of nitrogens with one attached hydrogen (secondary N) is 2. The molecule has 2 aliphatic heterocycles. The Kier molecular flexibility index (Phi) is 11.1. The van der Waals surface area contributed by atoms with Gasteiger partial charge in [-0.1, -0.05) is 43.0 Å². The molecule has 0 unspecified atom stereocenters. The molecule has 1 fully saturated rings. The number of allylic oxidation sites excluding steroid dienone is 3. The minimum Gasteiger partial charge on any atom is -0.493 e. The Labute approximate surface area is 253 Å². The van der Waals surface area contributed by atoms with Crippen LogP contribution in [-0.4, -0.2) is 47.5 Å². The van der Waals surface area contributed by atoms with E-state index in [2.05, 4.69) is 50.9 Å². The van der Waals surface area contributed by atoms with Crippen LogP contribution in [-0.2, 0) is 17.6 Å². The van der Waals surface area contributed by atoms with E-state index < -0.39 is 0 Å². The number of anilines is 2. The fourth-order valence-electron chi connectivity index (χ4n) is 5.02. The number of aromatic nitrogens is 1. The van der Waals surface area contributed by atoms with Crippen molar-refractivity contribution in [1.82, 2.24) is 9.88 Å². The van der Waals surface area contributed by atoms with Crippen LogP contribution in [0.3, 0.4) is 0 Å². The van der Waals surface area contributed by atoms with Crippen LogP contribution >= 0.6 is 11.6 Å². The topological polar surface area (TPSA) is 91.2 Å². The van der Waals surface area contributed by atoms with Crippen LogP contribution < -0.4 is 15.4 Å². The van der Waals surface area contributed by atoms with Crippen molar-refractivity contribution in [2.45, 2.75) is 46.0 Å². The van der Waals surface area contributed by atoms with Crippen molar-refractivity contribution in [2.75, 3.05) is 30.3 Å². The molecular formula is C33H39ClN6O2. The standard InChI is InChI=1S/C33H39ClN6O2/c1-5-15-36-30(7-3)33(41)40-16-12-24(13-17-40)14-18-42-31-11-10-27-20-26(31)9-8-25-19-28(22-35-21-25)37-23(4)38-32(39-27)29(34)6-2/h5-7,10-11,15,19-22,24,37H,1,4,8-9,12-14,16-18H2,2-3H3,(H,38,39)/b29-6+,30-7-,36-15?. The van der Waals surface area contributed by atoms with Crippen molar-refractivity contribution in [3.63, 3.8) is 0 Å². The third-order valence-electron chi connectivity index (χ3n) is 7.31. The number of benzene rings is 1. The van der Waals surface area contributed by atoms with Gasteiger partial charge in [0.1, 0.15) is 17.3 Å². The Morgan fingerprint density at radius 2 is 1.95 bits per heavy atom. The number of rotatable bonds is 8. The molecule has 1 amide bonds. The third-order valence-corrected chi connectivity index (χ3v) is 7.71. The van der Waals surface area contributed by atoms with Crippen LogP contribution in [0.4, 0.5) is 11.4 Å². The summed E-state index contributed by atoms with van der Waals surface area (Å²) in [7, 11) is 0. The zero-order valence-corrected chi connectivity index (χ0v) is 25.2. The summed E-state index contributed by atoms with van der Waals surface area (Å²) < 4.78 is 6.35. The van der Waals surface area contributed by atoms with Gasteiger partial charge in [-0.2, -0.15) is 0 Å². The van der Waals surface area contributed by atoms with Crippen molar-refractivity contribution in [2.24, 2.45) is 15.9 Å². The van der Waals surface area contributed by atoms with Crippen molar-refractivity contribution in [3.8, 4) is 5.75 Å². The summed E-state index contributed by atoms with van der Waals surface area (Å²) in [6.45, 7) is 13.4. The lowest BCUT2D eigenvalue weighted by Crippen LogP contribution is -2.39. The maximum absolute atomic E-state index is 12.8. The highest BCUT2D eigenvalue weighted by Gasteiger charge is 2.24. The molecule has 0 saturated carbocycles. The SMILES string of the molecule is C=CC=N/C(=C\C)C(=O)N1CCC(CCOc2ccc3cc2CCc2cncc(c2)NC(=C)/N=C(\C(Cl)=C/C)N3)CC1. The van der Waals surface area contributed by atoms with Crippen molar-refractivity contribution < 1.29 is 9.53 Å². The number of amidine groups is 1. The Morgan fingerprint density at radius 1 is 1.14 bits per heavy atom. The second-order valence-electron chi connectivity index (χ2n) is 10.3. The number of aryl methyl sites for hydroxylation is 2. The van der Waals surface area contributed by atoms with Crippen molar-refractivity contribution in [1.29, 1.82) is 0 Å². The first-order valence-electron chi connectivity index (χ1n) is 14.3. The number of hydrogen-bond acceptors (Lipinski definition) is 7. The van der Waals surface area contributed by atoms with E-state index in [4.69, 9.17) is 16.3 Å². The van der Waals surface area contributed by atoms with Gasteiger partial charge in [-0.15, -0.1) is 0 Å². The molecule has 4 rings (SSSR count). The molecule has 220 valence electrons. The first kappa shape index (κ1) is 30.8. The third kappa shape index (κ3) is 8.42. The number of nitrogens with zero attached hydrogens (tertiary/aromatic N) is 4. The van der Waals surface area contributed by atoms with Gasteiger partial charge in [-0.05, 0) is 87.3 Å². The Morgan fingerprint density at radius 3 is 2.69 bits per heavy atom. The van der Waals surface area contributed by atoms with E-state index in [0.29, 0.717) is 34.9 Å². The lowest BCUT2D eigenvalue weighted by Gasteiger charge is -2.32. The van der Waals surface area contributed by atoms with Gasteiger partial charge in [0, 0.05) is 31.2 Å². The molecule has 1 aromatic heterocycles. The number of carbonyl (C=O) groups is 1. The van der Waals surface area contributed by atoms with Gasteiger partial charge < -0.3 is 20.3 Å². The molecule has 0 aliphatic carbocycles. The van der Waals surface area contributed by atoms with E-state index in [0.717, 1.165) is 73.4 Å². The van der Waals surface area contributed by atoms with Gasteiger partial charge in [-0.3, -0.25) is 14.8 Å². The molecule has 0 atom stereocenters. The summed E-state index contributed by atoms with van der Waals surface area (Å²) in [6.07, 6.45) is 14.7. The predicted molar refractivity (Wildman–Crippen MR) is 173 cm³/mol. The fraction of sp³-hybridized carbons (Fsp3) is 0.333. The highest BCUT2D eigenvalue weighted by molar-refractivity contribution is 6.45. The number of hydrogen-bond donors (Lipinski definition) is 2. The number of halogens is 1. The van der Waals surface area contributed by atoms with E-state index in [9.17, 15) is 4.79 Å². The van der Waals surface area contributed by atoms with E-state index >= 15 is 0 Å². The first-order chi connectivity index (χ1) is 20.4. The molecule has 3 heterocycles. The molecule has 8 nitrogen and oxygen atoms in total. The predicted octanol–water partition coefficient (Wildman–Crippen LogP) is 6.88. The summed E-state index contributed by atoms with van der Waals surface area (Å²) in [5, 5.41) is 7.04. The number of fused-ring (bicyclic) bond motifs is 4. The molecular weight excluding hydrogens is 548 g/mol. The fourth-order valence-corrected chi connectivity index (χ4v) is 5.11. The molecule has 1 saturated heterocycles. The lowest BCUT2D eigenvalue weighted by atomic mass is 9.93.